The Morgan fingerprint density at radius 3 is 2.34 bits per heavy atom. The molecule has 0 N–H and O–H groups in total. The van der Waals surface area contributed by atoms with Gasteiger partial charge < -0.3 is 23.7 Å². The van der Waals surface area contributed by atoms with E-state index in [1.54, 1.807) is 37.1 Å². The van der Waals surface area contributed by atoms with Crippen molar-refractivity contribution in [1.82, 2.24) is 19.3 Å². The molecule has 2 aromatic heterocycles. The summed E-state index contributed by atoms with van der Waals surface area (Å²) in [7, 11) is 3.16. The van der Waals surface area contributed by atoms with Gasteiger partial charge in [-0.05, 0) is 55.2 Å². The quantitative estimate of drug-likeness (QED) is 0.117. The van der Waals surface area contributed by atoms with Crippen LogP contribution in [0, 0.1) is 5.82 Å². The van der Waals surface area contributed by atoms with Crippen LogP contribution in [0.5, 0.6) is 23.1 Å². The fourth-order valence-electron chi connectivity index (χ4n) is 5.67. The number of hydrogen-bond acceptors (Lipinski definition) is 9. The molecule has 0 bridgehead atoms. The molecule has 0 fully saturated rings. The lowest BCUT2D eigenvalue weighted by Crippen LogP contribution is -2.24. The standard InChI is InChI=1S/C35H35FN4O7/c1-43-14-16-45-31-20-25-27(21-32(31)46-17-15-44-2)37-22-38-34(25)47-30-12-11-23(18-26(30)36)19-29(41)33-28-10-6-7-13-39(28)40(35(33)42)24-8-4-3-5-9-24/h3-5,8-9,11-12,18,20-22H,6-7,10,13-17,19H2,1-2H3. The molecule has 1 aliphatic rings. The summed E-state index contributed by atoms with van der Waals surface area (Å²) in [5.74, 6) is -0.140. The van der Waals surface area contributed by atoms with E-state index in [9.17, 15) is 9.59 Å². The van der Waals surface area contributed by atoms with Crippen LogP contribution in [0.25, 0.3) is 16.6 Å². The predicted octanol–water partition coefficient (Wildman–Crippen LogP) is 5.33. The molecule has 11 nitrogen and oxygen atoms in total. The third kappa shape index (κ3) is 6.88. The van der Waals surface area contributed by atoms with Gasteiger partial charge in [0.1, 0.15) is 25.1 Å². The summed E-state index contributed by atoms with van der Waals surface area (Å²) in [5.41, 5.74) is 2.15. The molecule has 0 atom stereocenters. The van der Waals surface area contributed by atoms with Crippen LogP contribution in [0.3, 0.4) is 0 Å². The van der Waals surface area contributed by atoms with Crippen LogP contribution in [0.2, 0.25) is 0 Å². The molecule has 0 saturated carbocycles. The molecule has 3 heterocycles. The zero-order chi connectivity index (χ0) is 32.8. The van der Waals surface area contributed by atoms with E-state index in [2.05, 4.69) is 9.97 Å². The Bertz CT molecular complexity index is 1940. The molecule has 3 aromatic carbocycles. The van der Waals surface area contributed by atoms with Crippen molar-refractivity contribution in [2.45, 2.75) is 32.2 Å². The van der Waals surface area contributed by atoms with Crippen molar-refractivity contribution in [2.75, 3.05) is 40.6 Å². The van der Waals surface area contributed by atoms with Crippen molar-refractivity contribution in [3.8, 4) is 28.8 Å². The lowest BCUT2D eigenvalue weighted by Gasteiger charge is -2.19. The average Bonchev–Trinajstić information content (AvgIpc) is 3.38. The number of halogens is 1. The molecule has 0 unspecified atom stereocenters. The predicted molar refractivity (Wildman–Crippen MR) is 172 cm³/mol. The summed E-state index contributed by atoms with van der Waals surface area (Å²) in [5, 5.41) is 0.478. The van der Waals surface area contributed by atoms with E-state index in [-0.39, 0.29) is 41.6 Å². The van der Waals surface area contributed by atoms with Gasteiger partial charge >= 0.3 is 0 Å². The van der Waals surface area contributed by atoms with E-state index in [0.717, 1.165) is 18.5 Å². The van der Waals surface area contributed by atoms with Crippen molar-refractivity contribution in [2.24, 2.45) is 0 Å². The van der Waals surface area contributed by atoms with Gasteiger partial charge in [-0.15, -0.1) is 0 Å². The fraction of sp³-hybridized carbons (Fsp3) is 0.314. The number of benzene rings is 3. The van der Waals surface area contributed by atoms with Crippen LogP contribution in [-0.4, -0.2) is 65.8 Å². The molecule has 0 radical (unpaired) electrons. The van der Waals surface area contributed by atoms with Gasteiger partial charge in [0.2, 0.25) is 5.88 Å². The minimum absolute atomic E-state index is 0.0869. The first-order valence-corrected chi connectivity index (χ1v) is 15.4. The van der Waals surface area contributed by atoms with E-state index in [1.165, 1.54) is 18.5 Å². The zero-order valence-corrected chi connectivity index (χ0v) is 26.2. The minimum Gasteiger partial charge on any atom is -0.487 e. The fourth-order valence-corrected chi connectivity index (χ4v) is 5.67. The Labute approximate surface area is 270 Å². The van der Waals surface area contributed by atoms with Gasteiger partial charge in [0.05, 0.1) is 35.5 Å². The molecule has 5 aromatic rings. The molecule has 12 heteroatoms. The number of aromatic nitrogens is 4. The lowest BCUT2D eigenvalue weighted by atomic mass is 9.99. The van der Waals surface area contributed by atoms with Crippen LogP contribution in [-0.2, 0) is 28.9 Å². The highest BCUT2D eigenvalue weighted by molar-refractivity contribution is 5.98. The third-order valence-corrected chi connectivity index (χ3v) is 7.88. The zero-order valence-electron chi connectivity index (χ0n) is 26.2. The first-order chi connectivity index (χ1) is 23.0. The van der Waals surface area contributed by atoms with Crippen LogP contribution >= 0.6 is 0 Å². The Morgan fingerprint density at radius 1 is 0.872 bits per heavy atom. The van der Waals surface area contributed by atoms with Crippen LogP contribution in [0.4, 0.5) is 4.39 Å². The first-order valence-electron chi connectivity index (χ1n) is 15.4. The van der Waals surface area contributed by atoms with Gasteiger partial charge in [0.25, 0.3) is 5.56 Å². The molecular weight excluding hydrogens is 607 g/mol. The molecule has 0 aliphatic carbocycles. The number of carbonyl (C=O) groups is 1. The summed E-state index contributed by atoms with van der Waals surface area (Å²) in [6.07, 6.45) is 3.61. The number of carbonyl (C=O) groups excluding carboxylic acids is 1. The normalized spacial score (nSPS) is 12.6. The van der Waals surface area contributed by atoms with Crippen LogP contribution in [0.15, 0.2) is 71.8 Å². The maximum atomic E-state index is 15.5. The van der Waals surface area contributed by atoms with E-state index >= 15 is 4.39 Å². The maximum absolute atomic E-state index is 15.5. The van der Waals surface area contributed by atoms with Gasteiger partial charge in [0, 0.05) is 33.3 Å². The van der Waals surface area contributed by atoms with Gasteiger partial charge in [-0.25, -0.2) is 19.0 Å². The highest BCUT2D eigenvalue weighted by Gasteiger charge is 2.28. The summed E-state index contributed by atoms with van der Waals surface area (Å²) in [4.78, 5) is 35.7. The van der Waals surface area contributed by atoms with Gasteiger partial charge in [-0.1, -0.05) is 24.3 Å². The number of hydrogen-bond donors (Lipinski definition) is 0. The Balaban J connectivity index is 1.25. The van der Waals surface area contributed by atoms with Crippen molar-refractivity contribution in [1.29, 1.82) is 0 Å². The van der Waals surface area contributed by atoms with Gasteiger partial charge in [0.15, 0.2) is 28.8 Å². The second-order valence-electron chi connectivity index (χ2n) is 11.0. The van der Waals surface area contributed by atoms with Crippen molar-refractivity contribution >= 4 is 16.7 Å². The molecule has 244 valence electrons. The molecule has 1 aliphatic heterocycles. The summed E-state index contributed by atoms with van der Waals surface area (Å²) >= 11 is 0. The molecule has 0 spiro atoms. The molecule has 47 heavy (non-hydrogen) atoms. The SMILES string of the molecule is COCCOc1cc2ncnc(Oc3ccc(CC(=O)c4c5n(n(-c6ccccc6)c4=O)CCCC5)cc3F)c2cc1OCCOC. The summed E-state index contributed by atoms with van der Waals surface area (Å²) in [6.45, 7) is 1.96. The minimum atomic E-state index is -0.682. The number of ether oxygens (including phenoxy) is 5. The van der Waals surface area contributed by atoms with Crippen molar-refractivity contribution in [3.63, 3.8) is 0 Å². The third-order valence-electron chi connectivity index (χ3n) is 7.88. The number of rotatable bonds is 14. The van der Waals surface area contributed by atoms with Crippen LogP contribution < -0.4 is 19.8 Å². The average molecular weight is 643 g/mol. The Hall–Kier alpha value is -5.07. The molecule has 6 rings (SSSR count). The molecule has 0 saturated heterocycles. The summed E-state index contributed by atoms with van der Waals surface area (Å²) < 4.78 is 46.8. The lowest BCUT2D eigenvalue weighted by molar-refractivity contribution is 0.0990. The molecule has 0 amide bonds. The number of Topliss-reactive ketones (excluding diaryl/α,β-unsaturated/α-hetero) is 1. The molecular formula is C35H35FN4O7. The van der Waals surface area contributed by atoms with E-state index in [1.807, 2.05) is 35.0 Å². The Kier molecular flexibility index (Phi) is 9.89. The number of para-hydroxylation sites is 1. The second-order valence-corrected chi connectivity index (χ2v) is 11.0. The number of nitrogens with zero attached hydrogens (tertiary/aromatic N) is 4. The monoisotopic (exact) mass is 642 g/mol. The van der Waals surface area contributed by atoms with Gasteiger partial charge in [-0.3, -0.25) is 14.3 Å². The maximum Gasteiger partial charge on any atom is 0.282 e. The highest BCUT2D eigenvalue weighted by Crippen LogP contribution is 2.37. The largest absolute Gasteiger partial charge is 0.487 e. The first kappa shape index (κ1) is 31.9. The smallest absolute Gasteiger partial charge is 0.282 e. The van der Waals surface area contributed by atoms with Crippen LogP contribution in [0.1, 0.15) is 34.5 Å². The highest BCUT2D eigenvalue weighted by atomic mass is 19.1. The van der Waals surface area contributed by atoms with Gasteiger partial charge in [-0.2, -0.15) is 0 Å². The topological polar surface area (TPSA) is 116 Å². The van der Waals surface area contributed by atoms with Crippen molar-refractivity contribution in [3.05, 3.63) is 100.0 Å². The second kappa shape index (κ2) is 14.6. The summed E-state index contributed by atoms with van der Waals surface area (Å²) in [6, 6.07) is 16.9. The van der Waals surface area contributed by atoms with E-state index < -0.39 is 5.82 Å². The number of ketones is 1. The van der Waals surface area contributed by atoms with E-state index in [0.29, 0.717) is 66.4 Å². The number of fused-ring (bicyclic) bond motifs is 2. The van der Waals surface area contributed by atoms with E-state index in [4.69, 9.17) is 23.7 Å². The van der Waals surface area contributed by atoms with Crippen molar-refractivity contribution < 1.29 is 32.9 Å². The number of methoxy groups -OCH3 is 2. The Morgan fingerprint density at radius 2 is 1.62 bits per heavy atom.